The van der Waals surface area contributed by atoms with Gasteiger partial charge < -0.3 is 15.4 Å². The fourth-order valence-electron chi connectivity index (χ4n) is 2.06. The van der Waals surface area contributed by atoms with Crippen molar-refractivity contribution in [2.75, 3.05) is 11.9 Å². The highest BCUT2D eigenvalue weighted by atomic mass is 19.4. The van der Waals surface area contributed by atoms with E-state index >= 15 is 0 Å². The molecule has 0 aliphatic rings. The minimum Gasteiger partial charge on any atom is -0.444 e. The average molecular weight is 387 g/mol. The van der Waals surface area contributed by atoms with Crippen LogP contribution in [0.4, 0.5) is 23.9 Å². The van der Waals surface area contributed by atoms with E-state index in [4.69, 9.17) is 10.00 Å². The molecule has 0 unspecified atom stereocenters. The van der Waals surface area contributed by atoms with Gasteiger partial charge in [0.25, 0.3) is 0 Å². The summed E-state index contributed by atoms with van der Waals surface area (Å²) in [5.74, 6) is -0.273. The molecule has 1 rings (SSSR count). The number of amides is 1. The van der Waals surface area contributed by atoms with Crippen molar-refractivity contribution in [1.29, 1.82) is 5.26 Å². The van der Waals surface area contributed by atoms with Gasteiger partial charge in [-0.05, 0) is 26.7 Å². The first-order valence-electron chi connectivity index (χ1n) is 8.37. The zero-order valence-corrected chi connectivity index (χ0v) is 15.9. The van der Waals surface area contributed by atoms with Gasteiger partial charge in [-0.2, -0.15) is 18.4 Å². The molecule has 0 aliphatic carbocycles. The normalized spacial score (nSPS) is 13.0. The summed E-state index contributed by atoms with van der Waals surface area (Å²) in [7, 11) is 0. The predicted molar refractivity (Wildman–Crippen MR) is 92.8 cm³/mol. The Balaban J connectivity index is 2.91. The quantitative estimate of drug-likeness (QED) is 0.775. The van der Waals surface area contributed by atoms with Crippen molar-refractivity contribution < 1.29 is 22.7 Å². The second-order valence-corrected chi connectivity index (χ2v) is 7.28. The van der Waals surface area contributed by atoms with Crippen LogP contribution in [0.3, 0.4) is 0 Å². The van der Waals surface area contributed by atoms with Crippen molar-refractivity contribution in [3.63, 3.8) is 0 Å². The first-order chi connectivity index (χ1) is 12.3. The molecule has 150 valence electrons. The molecule has 0 spiro atoms. The van der Waals surface area contributed by atoms with Crippen LogP contribution in [0, 0.1) is 17.2 Å². The van der Waals surface area contributed by atoms with Gasteiger partial charge in [0.2, 0.25) is 5.95 Å². The number of rotatable bonds is 6. The Morgan fingerprint density at radius 1 is 1.33 bits per heavy atom. The van der Waals surface area contributed by atoms with Crippen LogP contribution in [0.1, 0.15) is 45.9 Å². The van der Waals surface area contributed by atoms with Gasteiger partial charge in [-0.25, -0.2) is 14.8 Å². The highest BCUT2D eigenvalue weighted by Gasteiger charge is 2.36. The van der Waals surface area contributed by atoms with Crippen molar-refractivity contribution in [2.45, 2.75) is 58.9 Å². The lowest BCUT2D eigenvalue weighted by atomic mass is 10.0. The van der Waals surface area contributed by atoms with Crippen LogP contribution in [-0.4, -0.2) is 34.2 Å². The Morgan fingerprint density at radius 3 is 2.44 bits per heavy atom. The number of anilines is 1. The number of hydrogen-bond acceptors (Lipinski definition) is 6. The van der Waals surface area contributed by atoms with E-state index in [0.717, 1.165) is 6.20 Å². The molecule has 27 heavy (non-hydrogen) atoms. The third kappa shape index (κ3) is 7.68. The van der Waals surface area contributed by atoms with Crippen molar-refractivity contribution >= 4 is 12.0 Å². The van der Waals surface area contributed by atoms with E-state index < -0.39 is 36.0 Å². The van der Waals surface area contributed by atoms with Gasteiger partial charge in [0, 0.05) is 24.3 Å². The Kier molecular flexibility index (Phi) is 7.39. The fraction of sp³-hybridized carbons (Fsp3) is 0.647. The third-order valence-electron chi connectivity index (χ3n) is 3.39. The number of nitrogens with zero attached hydrogens (tertiary/aromatic N) is 3. The lowest BCUT2D eigenvalue weighted by Crippen LogP contribution is -2.42. The molecule has 7 nitrogen and oxygen atoms in total. The van der Waals surface area contributed by atoms with Gasteiger partial charge in [-0.15, -0.1) is 0 Å². The lowest BCUT2D eigenvalue weighted by molar-refractivity contribution is -0.141. The van der Waals surface area contributed by atoms with Crippen LogP contribution in [0.25, 0.3) is 0 Å². The number of aromatic nitrogens is 2. The van der Waals surface area contributed by atoms with Crippen LogP contribution in [-0.2, 0) is 17.3 Å². The molecule has 0 fully saturated rings. The first kappa shape index (κ1) is 22.5. The van der Waals surface area contributed by atoms with Gasteiger partial charge in [-0.3, -0.25) is 0 Å². The zero-order chi connectivity index (χ0) is 20.8. The molecule has 10 heteroatoms. The number of alkyl carbamates (subject to hydrolysis) is 1. The number of nitriles is 1. The van der Waals surface area contributed by atoms with E-state index in [-0.39, 0.29) is 24.0 Å². The summed E-state index contributed by atoms with van der Waals surface area (Å²) in [6.07, 6.45) is -4.78. The maximum Gasteiger partial charge on any atom is 0.433 e. The number of hydrogen-bond donors (Lipinski definition) is 2. The average Bonchev–Trinajstić information content (AvgIpc) is 2.49. The van der Waals surface area contributed by atoms with Crippen LogP contribution >= 0.6 is 0 Å². The molecule has 0 saturated carbocycles. The second-order valence-electron chi connectivity index (χ2n) is 7.28. The molecule has 0 radical (unpaired) electrons. The van der Waals surface area contributed by atoms with E-state index in [2.05, 4.69) is 20.6 Å². The molecular formula is C17H24F3N5O2. The zero-order valence-electron chi connectivity index (χ0n) is 15.9. The van der Waals surface area contributed by atoms with Gasteiger partial charge in [0.05, 0.1) is 12.5 Å². The van der Waals surface area contributed by atoms with E-state index in [1.807, 2.05) is 13.8 Å². The SMILES string of the molecule is CC(C)[C@H](CNC(=O)OC(C)(C)C)Nc1ncc(CC#N)c(C(F)(F)F)n1. The molecule has 1 atom stereocenters. The molecule has 1 aromatic heterocycles. The smallest absolute Gasteiger partial charge is 0.433 e. The molecule has 0 saturated heterocycles. The Hall–Kier alpha value is -2.57. The van der Waals surface area contributed by atoms with Crippen molar-refractivity contribution in [3.05, 3.63) is 17.5 Å². The molecule has 0 aliphatic heterocycles. The first-order valence-corrected chi connectivity index (χ1v) is 8.37. The van der Waals surface area contributed by atoms with E-state index in [1.165, 1.54) is 0 Å². The summed E-state index contributed by atoms with van der Waals surface area (Å²) < 4.78 is 44.6. The van der Waals surface area contributed by atoms with Gasteiger partial charge in [0.15, 0.2) is 5.69 Å². The summed E-state index contributed by atoms with van der Waals surface area (Å²) >= 11 is 0. The van der Waals surface area contributed by atoms with Crippen molar-refractivity contribution in [2.24, 2.45) is 5.92 Å². The summed E-state index contributed by atoms with van der Waals surface area (Å²) in [6, 6.07) is 1.23. The molecule has 1 amide bonds. The molecular weight excluding hydrogens is 363 g/mol. The van der Waals surface area contributed by atoms with Crippen molar-refractivity contribution in [3.8, 4) is 6.07 Å². The standard InChI is InChI=1S/C17H24F3N5O2/c1-10(2)12(9-23-15(26)27-16(3,4)5)24-14-22-8-11(6-7-21)13(25-14)17(18,19)20/h8,10,12H,6,9H2,1-5H3,(H,23,26)(H,22,24,25)/t12-/m0/s1. The van der Waals surface area contributed by atoms with E-state index in [1.54, 1.807) is 26.8 Å². The lowest BCUT2D eigenvalue weighted by Gasteiger charge is -2.25. The minimum atomic E-state index is -4.70. The Labute approximate surface area is 156 Å². The predicted octanol–water partition coefficient (Wildman–Crippen LogP) is 3.52. The van der Waals surface area contributed by atoms with Crippen LogP contribution in [0.2, 0.25) is 0 Å². The highest BCUT2D eigenvalue weighted by molar-refractivity contribution is 5.67. The molecule has 2 N–H and O–H groups in total. The van der Waals surface area contributed by atoms with Gasteiger partial charge in [0.1, 0.15) is 5.60 Å². The second kappa shape index (κ2) is 8.88. The summed E-state index contributed by atoms with van der Waals surface area (Å²) in [6.45, 7) is 8.95. The number of halogens is 3. The summed E-state index contributed by atoms with van der Waals surface area (Å²) in [5, 5.41) is 14.0. The third-order valence-corrected chi connectivity index (χ3v) is 3.39. The highest BCUT2D eigenvalue weighted by Crippen LogP contribution is 2.31. The van der Waals surface area contributed by atoms with E-state index in [9.17, 15) is 18.0 Å². The summed E-state index contributed by atoms with van der Waals surface area (Å²) in [5.41, 5.74) is -2.10. The van der Waals surface area contributed by atoms with E-state index in [0.29, 0.717) is 0 Å². The number of carbonyl (C=O) groups is 1. The Bertz CT molecular complexity index is 693. The number of alkyl halides is 3. The van der Waals surface area contributed by atoms with Crippen molar-refractivity contribution in [1.82, 2.24) is 15.3 Å². The van der Waals surface area contributed by atoms with Crippen LogP contribution in [0.5, 0.6) is 0 Å². The number of carbonyl (C=O) groups excluding carboxylic acids is 1. The topological polar surface area (TPSA) is 99.9 Å². The largest absolute Gasteiger partial charge is 0.444 e. The minimum absolute atomic E-state index is 0.0448. The fourth-order valence-corrected chi connectivity index (χ4v) is 2.06. The van der Waals surface area contributed by atoms with Gasteiger partial charge in [-0.1, -0.05) is 13.8 Å². The van der Waals surface area contributed by atoms with Gasteiger partial charge >= 0.3 is 12.3 Å². The molecule has 1 heterocycles. The van der Waals surface area contributed by atoms with Crippen LogP contribution in [0.15, 0.2) is 6.20 Å². The maximum absolute atomic E-state index is 13.2. The maximum atomic E-state index is 13.2. The number of ether oxygens (including phenoxy) is 1. The monoisotopic (exact) mass is 387 g/mol. The molecule has 0 aromatic carbocycles. The number of nitrogens with one attached hydrogen (secondary N) is 2. The summed E-state index contributed by atoms with van der Waals surface area (Å²) in [4.78, 5) is 19.2. The molecule has 1 aromatic rings. The Morgan fingerprint density at radius 2 is 1.96 bits per heavy atom. The molecule has 0 bridgehead atoms. The van der Waals surface area contributed by atoms with Crippen LogP contribution < -0.4 is 10.6 Å².